The largest absolute Gasteiger partial charge is 0.468 e. The average molecular weight is 319 g/mol. The summed E-state index contributed by atoms with van der Waals surface area (Å²) in [6, 6.07) is 7.11. The Balaban J connectivity index is 2.25. The number of rotatable bonds is 2. The Morgan fingerprint density at radius 2 is 1.96 bits per heavy atom. The van der Waals surface area contributed by atoms with E-state index in [1.165, 1.54) is 19.1 Å². The van der Waals surface area contributed by atoms with Gasteiger partial charge in [0.15, 0.2) is 12.1 Å². The molecule has 2 aliphatic rings. The second-order valence-corrected chi connectivity index (χ2v) is 5.50. The number of carbonyl (C=O) groups is 3. The Hall–Kier alpha value is -2.57. The van der Waals surface area contributed by atoms with Gasteiger partial charge in [0.2, 0.25) is 0 Å². The van der Waals surface area contributed by atoms with E-state index >= 15 is 0 Å². The fourth-order valence-corrected chi connectivity index (χ4v) is 3.70. The van der Waals surface area contributed by atoms with Crippen LogP contribution in [0.5, 0.6) is 0 Å². The second kappa shape index (κ2) is 5.26. The molecule has 7 heteroatoms. The van der Waals surface area contributed by atoms with Gasteiger partial charge in [-0.25, -0.2) is 9.69 Å². The maximum Gasteiger partial charge on any atom is 0.417 e. The highest BCUT2D eigenvalue weighted by atomic mass is 16.6. The molecule has 0 bridgehead atoms. The van der Waals surface area contributed by atoms with Crippen LogP contribution in [0.25, 0.3) is 0 Å². The van der Waals surface area contributed by atoms with E-state index in [1.807, 2.05) is 6.92 Å². The molecule has 1 aromatic carbocycles. The molecule has 1 aromatic rings. The zero-order valence-corrected chi connectivity index (χ0v) is 13.1. The molecule has 0 aliphatic carbocycles. The summed E-state index contributed by atoms with van der Waals surface area (Å²) in [6.07, 6.45) is -1.14. The minimum atomic E-state index is -1.11. The van der Waals surface area contributed by atoms with Gasteiger partial charge >= 0.3 is 18.0 Å². The van der Waals surface area contributed by atoms with Crippen LogP contribution >= 0.6 is 0 Å². The molecule has 122 valence electrons. The molecular formula is C16H17NO6. The first-order chi connectivity index (χ1) is 11.0. The zero-order valence-electron chi connectivity index (χ0n) is 13.1. The quantitative estimate of drug-likeness (QED) is 0.468. The number of esters is 2. The van der Waals surface area contributed by atoms with Crippen LogP contribution in [0.4, 0.5) is 10.5 Å². The first-order valence-electron chi connectivity index (χ1n) is 7.28. The molecule has 3 atom stereocenters. The number of carbonyl (C=O) groups excluding carboxylic acids is 3. The van der Waals surface area contributed by atoms with E-state index in [1.54, 1.807) is 24.3 Å². The zero-order chi connectivity index (χ0) is 16.8. The Morgan fingerprint density at radius 1 is 1.26 bits per heavy atom. The standard InChI is InChI=1S/C16H17NO6/c1-4-16-9-7-5-6-8-10(9)17(15(20)22-3)14(16)23-13(19)11(16)12(18)21-2/h5-8,11,14H,4H2,1-3H3. The molecule has 0 aromatic heterocycles. The smallest absolute Gasteiger partial charge is 0.417 e. The number of nitrogens with zero attached hydrogens (tertiary/aromatic N) is 1. The lowest BCUT2D eigenvalue weighted by atomic mass is 9.70. The van der Waals surface area contributed by atoms with Crippen molar-refractivity contribution in [1.82, 2.24) is 0 Å². The van der Waals surface area contributed by atoms with Gasteiger partial charge in [0, 0.05) is 0 Å². The van der Waals surface area contributed by atoms with E-state index in [0.717, 1.165) is 0 Å². The number of para-hydroxylation sites is 1. The van der Waals surface area contributed by atoms with E-state index in [-0.39, 0.29) is 0 Å². The maximum absolute atomic E-state index is 12.3. The van der Waals surface area contributed by atoms with Crippen LogP contribution in [0, 0.1) is 5.92 Å². The lowest BCUT2D eigenvalue weighted by molar-refractivity contribution is -0.155. The topological polar surface area (TPSA) is 82.1 Å². The third-order valence-corrected chi connectivity index (χ3v) is 4.71. The van der Waals surface area contributed by atoms with Crippen LogP contribution in [0.2, 0.25) is 0 Å². The molecule has 0 spiro atoms. The summed E-state index contributed by atoms with van der Waals surface area (Å²) in [4.78, 5) is 38.1. The van der Waals surface area contributed by atoms with Crippen molar-refractivity contribution >= 4 is 23.7 Å². The number of amides is 1. The molecule has 0 saturated carbocycles. The van der Waals surface area contributed by atoms with Gasteiger partial charge in [-0.3, -0.25) is 9.59 Å². The Kier molecular flexibility index (Phi) is 3.50. The van der Waals surface area contributed by atoms with E-state index in [2.05, 4.69) is 0 Å². The number of methoxy groups -OCH3 is 2. The molecule has 1 saturated heterocycles. The fourth-order valence-electron chi connectivity index (χ4n) is 3.70. The average Bonchev–Trinajstić information content (AvgIpc) is 3.01. The minimum absolute atomic E-state index is 0.424. The third-order valence-electron chi connectivity index (χ3n) is 4.71. The first-order valence-corrected chi connectivity index (χ1v) is 7.28. The molecule has 1 amide bonds. The van der Waals surface area contributed by atoms with Crippen LogP contribution in [0.1, 0.15) is 18.9 Å². The van der Waals surface area contributed by atoms with Crippen molar-refractivity contribution in [3.63, 3.8) is 0 Å². The van der Waals surface area contributed by atoms with Crippen molar-refractivity contribution in [2.45, 2.75) is 25.0 Å². The summed E-state index contributed by atoms with van der Waals surface area (Å²) < 4.78 is 15.0. The maximum atomic E-state index is 12.3. The summed E-state index contributed by atoms with van der Waals surface area (Å²) >= 11 is 0. The van der Waals surface area contributed by atoms with E-state index in [4.69, 9.17) is 14.2 Å². The van der Waals surface area contributed by atoms with Gasteiger partial charge < -0.3 is 14.2 Å². The highest BCUT2D eigenvalue weighted by Gasteiger charge is 2.68. The number of ether oxygens (including phenoxy) is 3. The summed E-state index contributed by atoms with van der Waals surface area (Å²) in [6.45, 7) is 1.85. The van der Waals surface area contributed by atoms with Gasteiger partial charge in [0.25, 0.3) is 0 Å². The number of benzene rings is 1. The van der Waals surface area contributed by atoms with Gasteiger partial charge in [0.05, 0.1) is 25.3 Å². The Labute approximate surface area is 133 Å². The van der Waals surface area contributed by atoms with Crippen molar-refractivity contribution in [1.29, 1.82) is 0 Å². The van der Waals surface area contributed by atoms with Crippen molar-refractivity contribution < 1.29 is 28.6 Å². The molecule has 7 nitrogen and oxygen atoms in total. The summed E-state index contributed by atoms with van der Waals surface area (Å²) in [7, 11) is 2.48. The van der Waals surface area contributed by atoms with Gasteiger partial charge in [-0.15, -0.1) is 0 Å². The van der Waals surface area contributed by atoms with Gasteiger partial charge in [-0.05, 0) is 18.1 Å². The third kappa shape index (κ3) is 1.79. The summed E-state index contributed by atoms with van der Waals surface area (Å²) in [5.41, 5.74) is 0.307. The van der Waals surface area contributed by atoms with Crippen molar-refractivity contribution in [3.05, 3.63) is 29.8 Å². The lowest BCUT2D eigenvalue weighted by Crippen LogP contribution is -2.48. The minimum Gasteiger partial charge on any atom is -0.468 e. The first kappa shape index (κ1) is 15.3. The van der Waals surface area contributed by atoms with E-state index < -0.39 is 35.6 Å². The molecule has 0 N–H and O–H groups in total. The fraction of sp³-hybridized carbons (Fsp3) is 0.438. The van der Waals surface area contributed by atoms with Gasteiger partial charge in [0.1, 0.15) is 0 Å². The highest BCUT2D eigenvalue weighted by molar-refractivity contribution is 6.03. The van der Waals surface area contributed by atoms with E-state index in [0.29, 0.717) is 17.7 Å². The predicted octanol–water partition coefficient (Wildman–Crippen LogP) is 1.59. The van der Waals surface area contributed by atoms with Crippen LogP contribution in [-0.2, 0) is 29.2 Å². The molecule has 23 heavy (non-hydrogen) atoms. The number of hydrogen-bond donors (Lipinski definition) is 0. The SMILES string of the molecule is CCC12c3ccccc3N(C(=O)OC)C1OC(=O)C2C(=O)OC. The normalized spacial score (nSPS) is 28.0. The molecule has 2 aliphatic heterocycles. The van der Waals surface area contributed by atoms with Crippen LogP contribution in [-0.4, -0.2) is 38.5 Å². The van der Waals surface area contributed by atoms with Crippen LogP contribution in [0.15, 0.2) is 24.3 Å². The predicted molar refractivity (Wildman–Crippen MR) is 78.7 cm³/mol. The van der Waals surface area contributed by atoms with Crippen molar-refractivity contribution in [2.75, 3.05) is 19.1 Å². The van der Waals surface area contributed by atoms with Gasteiger partial charge in [-0.1, -0.05) is 25.1 Å². The molecule has 0 radical (unpaired) electrons. The molecule has 1 fully saturated rings. The Bertz CT molecular complexity index is 687. The van der Waals surface area contributed by atoms with Crippen molar-refractivity contribution in [2.24, 2.45) is 5.92 Å². The Morgan fingerprint density at radius 3 is 2.57 bits per heavy atom. The highest BCUT2D eigenvalue weighted by Crippen LogP contribution is 2.56. The second-order valence-electron chi connectivity index (χ2n) is 5.50. The summed E-state index contributed by atoms with van der Waals surface area (Å²) in [5.74, 6) is -2.47. The van der Waals surface area contributed by atoms with E-state index in [9.17, 15) is 14.4 Å². The number of fused-ring (bicyclic) bond motifs is 3. The monoisotopic (exact) mass is 319 g/mol. The van der Waals surface area contributed by atoms with Crippen molar-refractivity contribution in [3.8, 4) is 0 Å². The van der Waals surface area contributed by atoms with Gasteiger partial charge in [-0.2, -0.15) is 0 Å². The van der Waals surface area contributed by atoms with Crippen LogP contribution in [0.3, 0.4) is 0 Å². The number of hydrogen-bond acceptors (Lipinski definition) is 6. The summed E-state index contributed by atoms with van der Waals surface area (Å²) in [5, 5.41) is 0. The molecule has 3 unspecified atom stereocenters. The molecule has 3 rings (SSSR count). The molecule has 2 heterocycles. The number of anilines is 1. The molecular weight excluding hydrogens is 302 g/mol. The lowest BCUT2D eigenvalue weighted by Gasteiger charge is -2.30. The van der Waals surface area contributed by atoms with Crippen LogP contribution < -0.4 is 4.90 Å².